The smallest absolute Gasteiger partial charge is 0.138 e. The van der Waals surface area contributed by atoms with Crippen molar-refractivity contribution in [2.45, 2.75) is 6.92 Å². The fourth-order valence-electron chi connectivity index (χ4n) is 1.41. The number of ether oxygens (including phenoxy) is 1. The molecule has 0 atom stereocenters. The molecule has 84 valence electrons. The maximum Gasteiger partial charge on any atom is 0.138 e. The molecule has 1 aromatic heterocycles. The Labute approximate surface area is 93.9 Å². The van der Waals surface area contributed by atoms with Gasteiger partial charge in [-0.1, -0.05) is 0 Å². The Hall–Kier alpha value is -1.88. The minimum Gasteiger partial charge on any atom is -0.492 e. The van der Waals surface area contributed by atoms with E-state index in [-0.39, 0.29) is 0 Å². The molecule has 0 aliphatic carbocycles. The van der Waals surface area contributed by atoms with Gasteiger partial charge in [0.1, 0.15) is 24.5 Å². The van der Waals surface area contributed by atoms with Crippen molar-refractivity contribution in [3.63, 3.8) is 0 Å². The standard InChI is InChI=1S/C11H14N4O/c1-9-13-8-14-15(9)10-2-4-11(5-3-10)16-7-6-12/h2-5,8H,6-7,12H2,1H3. The molecular weight excluding hydrogens is 204 g/mol. The van der Waals surface area contributed by atoms with Gasteiger partial charge in [0.25, 0.3) is 0 Å². The van der Waals surface area contributed by atoms with Crippen LogP contribution in [0.5, 0.6) is 5.75 Å². The molecule has 0 saturated carbocycles. The van der Waals surface area contributed by atoms with Crippen molar-refractivity contribution >= 4 is 0 Å². The van der Waals surface area contributed by atoms with Gasteiger partial charge in [-0.15, -0.1) is 0 Å². The average molecular weight is 218 g/mol. The lowest BCUT2D eigenvalue weighted by molar-refractivity contribution is 0.328. The van der Waals surface area contributed by atoms with E-state index < -0.39 is 0 Å². The summed E-state index contributed by atoms with van der Waals surface area (Å²) in [5.41, 5.74) is 6.32. The lowest BCUT2D eigenvalue weighted by Gasteiger charge is -2.06. The largest absolute Gasteiger partial charge is 0.492 e. The van der Waals surface area contributed by atoms with Crippen molar-refractivity contribution in [2.24, 2.45) is 5.73 Å². The van der Waals surface area contributed by atoms with E-state index in [9.17, 15) is 0 Å². The maximum absolute atomic E-state index is 5.39. The summed E-state index contributed by atoms with van der Waals surface area (Å²) < 4.78 is 7.16. The van der Waals surface area contributed by atoms with Crippen molar-refractivity contribution < 1.29 is 4.74 Å². The highest BCUT2D eigenvalue weighted by atomic mass is 16.5. The highest BCUT2D eigenvalue weighted by Gasteiger charge is 2.01. The summed E-state index contributed by atoms with van der Waals surface area (Å²) in [6, 6.07) is 7.67. The van der Waals surface area contributed by atoms with Crippen molar-refractivity contribution in [1.29, 1.82) is 0 Å². The van der Waals surface area contributed by atoms with Crippen LogP contribution >= 0.6 is 0 Å². The minimum absolute atomic E-state index is 0.518. The molecule has 2 aromatic rings. The molecule has 2 rings (SSSR count). The van der Waals surface area contributed by atoms with Crippen LogP contribution < -0.4 is 10.5 Å². The predicted molar refractivity (Wildman–Crippen MR) is 60.6 cm³/mol. The monoisotopic (exact) mass is 218 g/mol. The summed E-state index contributed by atoms with van der Waals surface area (Å²) in [4.78, 5) is 4.07. The van der Waals surface area contributed by atoms with Crippen LogP contribution in [0.3, 0.4) is 0 Å². The van der Waals surface area contributed by atoms with Crippen LogP contribution in [-0.4, -0.2) is 27.9 Å². The summed E-state index contributed by atoms with van der Waals surface area (Å²) in [5, 5.41) is 4.12. The average Bonchev–Trinajstić information content (AvgIpc) is 2.74. The van der Waals surface area contributed by atoms with E-state index in [2.05, 4.69) is 10.1 Å². The zero-order valence-corrected chi connectivity index (χ0v) is 9.13. The van der Waals surface area contributed by atoms with Gasteiger partial charge in [-0.2, -0.15) is 5.10 Å². The Morgan fingerprint density at radius 2 is 2.06 bits per heavy atom. The molecule has 0 fully saturated rings. The third-order valence-corrected chi connectivity index (χ3v) is 2.19. The fraction of sp³-hybridized carbons (Fsp3) is 0.273. The Morgan fingerprint density at radius 3 is 2.62 bits per heavy atom. The van der Waals surface area contributed by atoms with Gasteiger partial charge < -0.3 is 10.5 Å². The van der Waals surface area contributed by atoms with E-state index in [1.54, 1.807) is 4.68 Å². The summed E-state index contributed by atoms with van der Waals surface area (Å²) in [6.45, 7) is 2.96. The Kier molecular flexibility index (Phi) is 3.16. The quantitative estimate of drug-likeness (QED) is 0.828. The molecule has 1 heterocycles. The summed E-state index contributed by atoms with van der Waals surface area (Å²) in [5.74, 6) is 1.67. The number of aryl methyl sites for hydroxylation is 1. The van der Waals surface area contributed by atoms with Crippen LogP contribution in [0, 0.1) is 6.92 Å². The van der Waals surface area contributed by atoms with Crippen LogP contribution in [0.4, 0.5) is 0 Å². The molecule has 0 bridgehead atoms. The first-order chi connectivity index (χ1) is 7.81. The molecule has 5 heteroatoms. The zero-order valence-electron chi connectivity index (χ0n) is 9.13. The summed E-state index contributed by atoms with van der Waals surface area (Å²) in [6.07, 6.45) is 1.54. The van der Waals surface area contributed by atoms with E-state index in [1.807, 2.05) is 31.2 Å². The van der Waals surface area contributed by atoms with E-state index in [0.717, 1.165) is 17.3 Å². The van der Waals surface area contributed by atoms with Crippen molar-refractivity contribution in [2.75, 3.05) is 13.2 Å². The van der Waals surface area contributed by atoms with Crippen LogP contribution in [0.1, 0.15) is 5.82 Å². The van der Waals surface area contributed by atoms with Crippen molar-refractivity contribution in [1.82, 2.24) is 14.8 Å². The van der Waals surface area contributed by atoms with Gasteiger partial charge in [0.05, 0.1) is 5.69 Å². The number of nitrogens with two attached hydrogens (primary N) is 1. The third kappa shape index (κ3) is 2.20. The van der Waals surface area contributed by atoms with E-state index >= 15 is 0 Å². The van der Waals surface area contributed by atoms with Gasteiger partial charge in [0, 0.05) is 6.54 Å². The highest BCUT2D eigenvalue weighted by Crippen LogP contribution is 2.15. The van der Waals surface area contributed by atoms with Crippen molar-refractivity contribution in [3.8, 4) is 11.4 Å². The van der Waals surface area contributed by atoms with Crippen LogP contribution in [0.25, 0.3) is 5.69 Å². The Balaban J connectivity index is 2.16. The van der Waals surface area contributed by atoms with Gasteiger partial charge in [-0.3, -0.25) is 0 Å². The van der Waals surface area contributed by atoms with Gasteiger partial charge in [0.15, 0.2) is 0 Å². The highest BCUT2D eigenvalue weighted by molar-refractivity contribution is 5.37. The first-order valence-corrected chi connectivity index (χ1v) is 5.11. The van der Waals surface area contributed by atoms with E-state index in [4.69, 9.17) is 10.5 Å². The molecule has 0 spiro atoms. The molecule has 2 N–H and O–H groups in total. The second kappa shape index (κ2) is 4.76. The normalized spacial score (nSPS) is 10.4. The molecule has 0 saturated heterocycles. The lowest BCUT2D eigenvalue weighted by Crippen LogP contribution is -2.10. The Bertz CT molecular complexity index is 449. The van der Waals surface area contributed by atoms with Crippen LogP contribution in [-0.2, 0) is 0 Å². The third-order valence-electron chi connectivity index (χ3n) is 2.19. The van der Waals surface area contributed by atoms with Gasteiger partial charge in [0.2, 0.25) is 0 Å². The summed E-state index contributed by atoms with van der Waals surface area (Å²) >= 11 is 0. The Morgan fingerprint density at radius 1 is 1.31 bits per heavy atom. The van der Waals surface area contributed by atoms with Crippen molar-refractivity contribution in [3.05, 3.63) is 36.4 Å². The SMILES string of the molecule is Cc1ncnn1-c1ccc(OCCN)cc1. The summed E-state index contributed by atoms with van der Waals surface area (Å²) in [7, 11) is 0. The molecule has 16 heavy (non-hydrogen) atoms. The zero-order chi connectivity index (χ0) is 11.4. The first-order valence-electron chi connectivity index (χ1n) is 5.11. The molecule has 0 aliphatic heterocycles. The van der Waals surface area contributed by atoms with E-state index in [0.29, 0.717) is 13.2 Å². The molecule has 0 radical (unpaired) electrons. The first kappa shape index (κ1) is 10.6. The number of hydrogen-bond acceptors (Lipinski definition) is 4. The second-order valence-electron chi connectivity index (χ2n) is 3.35. The number of benzene rings is 1. The number of rotatable bonds is 4. The molecular formula is C11H14N4O. The molecule has 0 amide bonds. The predicted octanol–water partition coefficient (Wildman–Crippen LogP) is 0.913. The van der Waals surface area contributed by atoms with Gasteiger partial charge >= 0.3 is 0 Å². The minimum atomic E-state index is 0.518. The van der Waals surface area contributed by atoms with E-state index in [1.165, 1.54) is 6.33 Å². The van der Waals surface area contributed by atoms with Gasteiger partial charge in [-0.25, -0.2) is 9.67 Å². The molecule has 1 aromatic carbocycles. The van der Waals surface area contributed by atoms with Crippen LogP contribution in [0.15, 0.2) is 30.6 Å². The van der Waals surface area contributed by atoms with Gasteiger partial charge in [-0.05, 0) is 31.2 Å². The van der Waals surface area contributed by atoms with Crippen LogP contribution in [0.2, 0.25) is 0 Å². The number of hydrogen-bond donors (Lipinski definition) is 1. The lowest BCUT2D eigenvalue weighted by atomic mass is 10.3. The molecule has 5 nitrogen and oxygen atoms in total. The maximum atomic E-state index is 5.39. The topological polar surface area (TPSA) is 66.0 Å². The molecule has 0 unspecified atom stereocenters. The second-order valence-corrected chi connectivity index (χ2v) is 3.35. The number of nitrogens with zero attached hydrogens (tertiary/aromatic N) is 3. The fourth-order valence-corrected chi connectivity index (χ4v) is 1.41. The number of aromatic nitrogens is 3. The molecule has 0 aliphatic rings.